The Hall–Kier alpha value is -2.53. The number of nitrogens with zero attached hydrogens (tertiary/aromatic N) is 1. The molecule has 0 bridgehead atoms. The predicted octanol–water partition coefficient (Wildman–Crippen LogP) is 3.18. The molecule has 0 amide bonds. The van der Waals surface area contributed by atoms with Gasteiger partial charge in [-0.3, -0.25) is 0 Å². The summed E-state index contributed by atoms with van der Waals surface area (Å²) in [7, 11) is -3.37. The standard InChI is InChI=1S/C16H12F3NO3S/c1-3-10-23-15-13(8-9-14(20-15)16(17,18)19)11-4-6-12(7-5-11)24(2,21)22/h1,4-9H,10H2,2H3. The monoisotopic (exact) mass is 355 g/mol. The first-order chi connectivity index (χ1) is 11.1. The maximum atomic E-state index is 12.8. The second kappa shape index (κ2) is 6.53. The molecule has 0 fully saturated rings. The summed E-state index contributed by atoms with van der Waals surface area (Å²) in [6.07, 6.45) is 1.51. The molecule has 0 radical (unpaired) electrons. The molecule has 4 nitrogen and oxygen atoms in total. The van der Waals surface area contributed by atoms with E-state index in [0.29, 0.717) is 5.56 Å². The minimum atomic E-state index is -4.62. The second-order valence-corrected chi connectivity index (χ2v) is 6.85. The third-order valence-corrected chi connectivity index (χ3v) is 4.16. The van der Waals surface area contributed by atoms with Crippen molar-refractivity contribution >= 4 is 9.84 Å². The number of alkyl halides is 3. The second-order valence-electron chi connectivity index (χ2n) is 4.84. The van der Waals surface area contributed by atoms with Gasteiger partial charge in [0.05, 0.1) is 4.90 Å². The van der Waals surface area contributed by atoms with Crippen molar-refractivity contribution in [2.45, 2.75) is 11.1 Å². The summed E-state index contributed by atoms with van der Waals surface area (Å²) in [5.74, 6) is 1.89. The Morgan fingerprint density at radius 1 is 1.17 bits per heavy atom. The van der Waals surface area contributed by atoms with Gasteiger partial charge in [0.25, 0.3) is 0 Å². The molecule has 0 saturated heterocycles. The lowest BCUT2D eigenvalue weighted by molar-refractivity contribution is -0.141. The predicted molar refractivity (Wildman–Crippen MR) is 82.1 cm³/mol. The van der Waals surface area contributed by atoms with Crippen molar-refractivity contribution in [3.05, 3.63) is 42.1 Å². The van der Waals surface area contributed by atoms with Gasteiger partial charge < -0.3 is 4.74 Å². The van der Waals surface area contributed by atoms with Crippen molar-refractivity contribution in [1.29, 1.82) is 0 Å². The Balaban J connectivity index is 2.50. The van der Waals surface area contributed by atoms with Crippen molar-refractivity contribution in [3.8, 4) is 29.4 Å². The van der Waals surface area contributed by atoms with E-state index >= 15 is 0 Å². The van der Waals surface area contributed by atoms with E-state index in [4.69, 9.17) is 11.2 Å². The molecule has 126 valence electrons. The Bertz CT molecular complexity index is 882. The number of benzene rings is 1. The van der Waals surface area contributed by atoms with Crippen LogP contribution >= 0.6 is 0 Å². The average Bonchev–Trinajstić information content (AvgIpc) is 2.51. The Morgan fingerprint density at radius 2 is 1.79 bits per heavy atom. The third kappa shape index (κ3) is 4.06. The van der Waals surface area contributed by atoms with E-state index in [2.05, 4.69) is 10.9 Å². The molecule has 1 heterocycles. The van der Waals surface area contributed by atoms with Gasteiger partial charge in [0, 0.05) is 11.8 Å². The summed E-state index contributed by atoms with van der Waals surface area (Å²) >= 11 is 0. The van der Waals surface area contributed by atoms with Crippen molar-refractivity contribution in [1.82, 2.24) is 4.98 Å². The molecule has 1 aromatic heterocycles. The zero-order chi connectivity index (χ0) is 18.0. The van der Waals surface area contributed by atoms with Gasteiger partial charge in [0.1, 0.15) is 5.69 Å². The van der Waals surface area contributed by atoms with Gasteiger partial charge in [-0.2, -0.15) is 13.2 Å². The molecule has 8 heteroatoms. The summed E-state index contributed by atoms with van der Waals surface area (Å²) in [4.78, 5) is 3.56. The largest absolute Gasteiger partial charge is 0.464 e. The number of hydrogen-bond donors (Lipinski definition) is 0. The number of ether oxygens (including phenoxy) is 1. The van der Waals surface area contributed by atoms with E-state index in [9.17, 15) is 21.6 Å². The summed E-state index contributed by atoms with van der Waals surface area (Å²) in [6, 6.07) is 7.66. The quantitative estimate of drug-likeness (QED) is 0.791. The minimum Gasteiger partial charge on any atom is -0.464 e. The van der Waals surface area contributed by atoms with Gasteiger partial charge in [-0.05, 0) is 29.8 Å². The molecule has 24 heavy (non-hydrogen) atoms. The van der Waals surface area contributed by atoms with Crippen molar-refractivity contribution in [3.63, 3.8) is 0 Å². The van der Waals surface area contributed by atoms with Gasteiger partial charge in [0.15, 0.2) is 16.4 Å². The van der Waals surface area contributed by atoms with E-state index in [-0.39, 0.29) is 22.9 Å². The first kappa shape index (κ1) is 17.8. The lowest BCUT2D eigenvalue weighted by Crippen LogP contribution is -2.10. The maximum absolute atomic E-state index is 12.8. The van der Waals surface area contributed by atoms with Gasteiger partial charge in [-0.15, -0.1) is 6.42 Å². The van der Waals surface area contributed by atoms with Gasteiger partial charge in [0.2, 0.25) is 5.88 Å². The van der Waals surface area contributed by atoms with Crippen LogP contribution in [0.25, 0.3) is 11.1 Å². The van der Waals surface area contributed by atoms with Crippen LogP contribution in [0.15, 0.2) is 41.3 Å². The lowest BCUT2D eigenvalue weighted by atomic mass is 10.1. The Kier molecular flexibility index (Phi) is 4.85. The van der Waals surface area contributed by atoms with E-state index in [1.165, 1.54) is 30.3 Å². The molecule has 2 aromatic rings. The van der Waals surface area contributed by atoms with Gasteiger partial charge in [-0.25, -0.2) is 13.4 Å². The zero-order valence-corrected chi connectivity index (χ0v) is 13.3. The molecular formula is C16H12F3NO3S. The van der Waals surface area contributed by atoms with E-state index in [1.54, 1.807) is 0 Å². The molecule has 0 aliphatic heterocycles. The average molecular weight is 355 g/mol. The van der Waals surface area contributed by atoms with Crippen LogP contribution in [0.1, 0.15) is 5.69 Å². The highest BCUT2D eigenvalue weighted by Gasteiger charge is 2.33. The summed E-state index contributed by atoms with van der Waals surface area (Å²) in [5, 5.41) is 0. The molecule has 0 saturated carbocycles. The molecule has 0 aliphatic rings. The molecular weight excluding hydrogens is 343 g/mol. The molecule has 0 spiro atoms. The van der Waals surface area contributed by atoms with E-state index < -0.39 is 21.7 Å². The minimum absolute atomic E-state index is 0.0946. The zero-order valence-electron chi connectivity index (χ0n) is 12.5. The number of aromatic nitrogens is 1. The van der Waals surface area contributed by atoms with Crippen LogP contribution < -0.4 is 4.74 Å². The van der Waals surface area contributed by atoms with E-state index in [1.807, 2.05) is 0 Å². The summed E-state index contributed by atoms with van der Waals surface area (Å²) in [6.45, 7) is -0.247. The van der Waals surface area contributed by atoms with Crippen molar-refractivity contribution in [2.24, 2.45) is 0 Å². The topological polar surface area (TPSA) is 56.3 Å². The highest BCUT2D eigenvalue weighted by atomic mass is 32.2. The maximum Gasteiger partial charge on any atom is 0.433 e. The number of hydrogen-bond acceptors (Lipinski definition) is 4. The fourth-order valence-corrected chi connectivity index (χ4v) is 2.55. The van der Waals surface area contributed by atoms with E-state index in [0.717, 1.165) is 12.3 Å². The molecule has 0 aliphatic carbocycles. The summed E-state index contributed by atoms with van der Waals surface area (Å²) < 4.78 is 66.4. The molecule has 0 unspecified atom stereocenters. The first-order valence-electron chi connectivity index (χ1n) is 6.58. The normalized spacial score (nSPS) is 11.8. The van der Waals surface area contributed by atoms with Crippen LogP contribution in [0.2, 0.25) is 0 Å². The van der Waals surface area contributed by atoms with Gasteiger partial charge >= 0.3 is 6.18 Å². The number of terminal acetylenes is 1. The van der Waals surface area contributed by atoms with Crippen molar-refractivity contribution < 1.29 is 26.3 Å². The fraction of sp³-hybridized carbons (Fsp3) is 0.188. The number of halogens is 3. The molecule has 0 atom stereocenters. The molecule has 1 aromatic carbocycles. The lowest BCUT2D eigenvalue weighted by Gasteiger charge is -2.12. The smallest absolute Gasteiger partial charge is 0.433 e. The highest BCUT2D eigenvalue weighted by molar-refractivity contribution is 7.90. The van der Waals surface area contributed by atoms with Crippen LogP contribution in [-0.2, 0) is 16.0 Å². The Labute approximate surface area is 137 Å². The number of pyridine rings is 1. The highest BCUT2D eigenvalue weighted by Crippen LogP contribution is 2.34. The molecule has 0 N–H and O–H groups in total. The SMILES string of the molecule is C#CCOc1nc(C(F)(F)F)ccc1-c1ccc(S(C)(=O)=O)cc1. The van der Waals surface area contributed by atoms with Crippen LogP contribution in [0.5, 0.6) is 5.88 Å². The fourth-order valence-electron chi connectivity index (χ4n) is 1.92. The summed E-state index contributed by atoms with van der Waals surface area (Å²) in [5.41, 5.74) is -0.375. The van der Waals surface area contributed by atoms with Crippen LogP contribution in [-0.4, -0.2) is 26.3 Å². The van der Waals surface area contributed by atoms with Crippen LogP contribution in [0, 0.1) is 12.3 Å². The van der Waals surface area contributed by atoms with Crippen molar-refractivity contribution in [2.75, 3.05) is 12.9 Å². The number of sulfone groups is 1. The van der Waals surface area contributed by atoms with Gasteiger partial charge in [-0.1, -0.05) is 18.1 Å². The number of rotatable bonds is 4. The third-order valence-electron chi connectivity index (χ3n) is 3.04. The first-order valence-corrected chi connectivity index (χ1v) is 8.47. The molecule has 2 rings (SSSR count). The van der Waals surface area contributed by atoms with Crippen LogP contribution in [0.4, 0.5) is 13.2 Å². The Morgan fingerprint density at radius 3 is 2.29 bits per heavy atom. The van der Waals surface area contributed by atoms with Crippen LogP contribution in [0.3, 0.4) is 0 Å².